The molecule has 0 aliphatic heterocycles. The van der Waals surface area contributed by atoms with Gasteiger partial charge in [0.2, 0.25) is 0 Å². The maximum Gasteiger partial charge on any atom is 0.155 e. The van der Waals surface area contributed by atoms with Gasteiger partial charge in [-0.2, -0.15) is 5.26 Å². The fraction of sp³-hybridized carbons (Fsp3) is 0.724. The molecular weight excluding hydrogens is 427 g/mol. The van der Waals surface area contributed by atoms with Crippen LogP contribution in [0.15, 0.2) is 18.2 Å². The molecule has 4 aliphatic carbocycles. The number of hydrogen-bond acceptors (Lipinski definition) is 4. The van der Waals surface area contributed by atoms with Gasteiger partial charge in [0.1, 0.15) is 11.9 Å². The molecule has 9 atom stereocenters. The molecule has 1 aromatic carbocycles. The highest BCUT2D eigenvalue weighted by Crippen LogP contribution is 2.66. The molecule has 5 rings (SSSR count). The van der Waals surface area contributed by atoms with Gasteiger partial charge in [-0.05, 0) is 117 Å². The van der Waals surface area contributed by atoms with Crippen LogP contribution in [0.3, 0.4) is 0 Å². The molecular formula is C29H39FN2O2. The topological polar surface area (TPSA) is 73.1 Å². The Bertz CT molecular complexity index is 1000. The summed E-state index contributed by atoms with van der Waals surface area (Å²) in [5.41, 5.74) is 0.312. The summed E-state index contributed by atoms with van der Waals surface area (Å²) in [6.45, 7) is 6.93. The molecule has 0 unspecified atom stereocenters. The molecule has 4 aliphatic rings. The molecule has 5 heteroatoms. The summed E-state index contributed by atoms with van der Waals surface area (Å²) in [7, 11) is 0. The summed E-state index contributed by atoms with van der Waals surface area (Å²) < 4.78 is 13.5. The Morgan fingerprint density at radius 3 is 2.71 bits per heavy atom. The quantitative estimate of drug-likeness (QED) is 0.576. The van der Waals surface area contributed by atoms with E-state index in [1.165, 1.54) is 31.4 Å². The number of nitriles is 1. The van der Waals surface area contributed by atoms with E-state index in [1.807, 2.05) is 13.0 Å². The Hall–Kier alpha value is -1.93. The number of benzene rings is 1. The third-order valence-electron chi connectivity index (χ3n) is 10.5. The number of ketones is 1. The first-order valence-electron chi connectivity index (χ1n) is 13.3. The Labute approximate surface area is 203 Å². The number of anilines is 1. The highest BCUT2D eigenvalue weighted by Gasteiger charge is 2.60. The number of carbonyl (C=O) groups is 1. The zero-order chi connectivity index (χ0) is 24.3. The minimum Gasteiger partial charge on any atom is -0.390 e. The van der Waals surface area contributed by atoms with E-state index in [0.29, 0.717) is 29.4 Å². The number of aliphatic hydroxyl groups is 1. The van der Waals surface area contributed by atoms with Gasteiger partial charge in [-0.1, -0.05) is 13.8 Å². The number of hydrogen-bond donors (Lipinski definition) is 2. The van der Waals surface area contributed by atoms with Crippen LogP contribution >= 0.6 is 0 Å². The fourth-order valence-electron chi connectivity index (χ4n) is 9.19. The second kappa shape index (κ2) is 8.63. The zero-order valence-corrected chi connectivity index (χ0v) is 20.8. The lowest BCUT2D eigenvalue weighted by Crippen LogP contribution is -2.52. The summed E-state index contributed by atoms with van der Waals surface area (Å²) >= 11 is 0. The van der Waals surface area contributed by atoms with E-state index < -0.39 is 11.4 Å². The maximum atomic E-state index is 13.5. The average Bonchev–Trinajstić information content (AvgIpc) is 3.07. The van der Waals surface area contributed by atoms with E-state index >= 15 is 0 Å². The molecule has 2 N–H and O–H groups in total. The Balaban J connectivity index is 1.30. The van der Waals surface area contributed by atoms with Crippen molar-refractivity contribution in [3.05, 3.63) is 29.6 Å². The van der Waals surface area contributed by atoms with Crippen molar-refractivity contribution in [1.29, 1.82) is 5.26 Å². The molecule has 0 amide bonds. The Morgan fingerprint density at radius 2 is 1.94 bits per heavy atom. The molecule has 4 saturated carbocycles. The van der Waals surface area contributed by atoms with Crippen LogP contribution in [0.2, 0.25) is 0 Å². The number of Topliss-reactive ketones (excluding diaryl/α,β-unsaturated/α-hetero) is 1. The van der Waals surface area contributed by atoms with E-state index in [9.17, 15) is 19.6 Å². The second-order valence-electron chi connectivity index (χ2n) is 12.5. The number of fused-ring (bicyclic) bond motifs is 5. The molecule has 4 nitrogen and oxygen atoms in total. The van der Waals surface area contributed by atoms with Crippen LogP contribution in [0.1, 0.15) is 77.7 Å². The van der Waals surface area contributed by atoms with Crippen molar-refractivity contribution in [1.82, 2.24) is 0 Å². The zero-order valence-electron chi connectivity index (χ0n) is 20.8. The van der Waals surface area contributed by atoms with Crippen molar-refractivity contribution >= 4 is 11.5 Å². The van der Waals surface area contributed by atoms with E-state index in [2.05, 4.69) is 19.2 Å². The predicted molar refractivity (Wildman–Crippen MR) is 130 cm³/mol. The fourth-order valence-corrected chi connectivity index (χ4v) is 9.19. The summed E-state index contributed by atoms with van der Waals surface area (Å²) in [6.07, 6.45) is 8.77. The van der Waals surface area contributed by atoms with Gasteiger partial charge in [-0.15, -0.1) is 0 Å². The van der Waals surface area contributed by atoms with Gasteiger partial charge in [0.05, 0.1) is 23.4 Å². The van der Waals surface area contributed by atoms with E-state index in [-0.39, 0.29) is 29.2 Å². The minimum absolute atomic E-state index is 0.0349. The first kappa shape index (κ1) is 23.8. The van der Waals surface area contributed by atoms with Crippen molar-refractivity contribution in [2.24, 2.45) is 46.8 Å². The van der Waals surface area contributed by atoms with Crippen molar-refractivity contribution in [2.45, 2.75) is 77.7 Å². The van der Waals surface area contributed by atoms with Gasteiger partial charge >= 0.3 is 0 Å². The molecule has 1 aromatic rings. The number of nitrogens with zero attached hydrogens (tertiary/aromatic N) is 1. The largest absolute Gasteiger partial charge is 0.390 e. The van der Waals surface area contributed by atoms with Crippen LogP contribution < -0.4 is 5.32 Å². The van der Waals surface area contributed by atoms with E-state index in [1.54, 1.807) is 6.07 Å². The number of halogens is 1. The lowest BCUT2D eigenvalue weighted by Gasteiger charge is -2.57. The van der Waals surface area contributed by atoms with Gasteiger partial charge in [0, 0.05) is 5.92 Å². The van der Waals surface area contributed by atoms with Gasteiger partial charge < -0.3 is 10.4 Å². The molecule has 0 aromatic heterocycles. The van der Waals surface area contributed by atoms with Gasteiger partial charge in [0.15, 0.2) is 5.78 Å². The number of rotatable bonds is 4. The molecule has 0 saturated heterocycles. The standard InChI is InChI=1S/C29H39FN2O2/c1-17-12-24(26(33)16-32-25-7-5-20(30)13-19(25)15-31)29(3)11-9-22-21-8-10-28(2,34)14-18(21)4-6-23(22)27(17)29/h5,7,13,17-18,21-24,27,32,34H,4,6,8-12,14,16H2,1-3H3/t17-,18-,21+,22-,23-,24-,27+,28-,29-/m1/s1. The first-order chi connectivity index (χ1) is 16.1. The highest BCUT2D eigenvalue weighted by atomic mass is 19.1. The number of carbonyl (C=O) groups excluding carboxylic acids is 1. The average molecular weight is 467 g/mol. The van der Waals surface area contributed by atoms with Gasteiger partial charge in [0.25, 0.3) is 0 Å². The van der Waals surface area contributed by atoms with Crippen molar-refractivity contribution in [3.63, 3.8) is 0 Å². The monoisotopic (exact) mass is 466 g/mol. The molecule has 0 spiro atoms. The summed E-state index contributed by atoms with van der Waals surface area (Å²) in [6, 6.07) is 6.11. The number of nitrogens with one attached hydrogen (secondary N) is 1. The van der Waals surface area contributed by atoms with Crippen LogP contribution in [-0.2, 0) is 4.79 Å². The maximum absolute atomic E-state index is 13.5. The van der Waals surface area contributed by atoms with Crippen molar-refractivity contribution < 1.29 is 14.3 Å². The molecule has 34 heavy (non-hydrogen) atoms. The van der Waals surface area contributed by atoms with Crippen LogP contribution in [0.25, 0.3) is 0 Å². The summed E-state index contributed by atoms with van der Waals surface area (Å²) in [5.74, 6) is 3.81. The summed E-state index contributed by atoms with van der Waals surface area (Å²) in [4.78, 5) is 13.5. The van der Waals surface area contributed by atoms with Crippen LogP contribution in [0.5, 0.6) is 0 Å². The van der Waals surface area contributed by atoms with Gasteiger partial charge in [-0.25, -0.2) is 4.39 Å². The summed E-state index contributed by atoms with van der Waals surface area (Å²) in [5, 5.41) is 23.1. The SMILES string of the molecule is C[C@@H]1C[C@H](C(=O)CNc2ccc(F)cc2C#N)[C@@]2(C)CC[C@H]3[C@@H](CC[C@@H]4C[C@](C)(O)CC[C@@H]43)[C@H]12. The molecule has 0 heterocycles. The Kier molecular flexibility index (Phi) is 6.04. The third kappa shape index (κ3) is 3.96. The lowest BCUT2D eigenvalue weighted by atomic mass is 9.48. The predicted octanol–water partition coefficient (Wildman–Crippen LogP) is 5.94. The second-order valence-corrected chi connectivity index (χ2v) is 12.5. The van der Waals surface area contributed by atoms with E-state index in [0.717, 1.165) is 43.9 Å². The van der Waals surface area contributed by atoms with Crippen molar-refractivity contribution in [2.75, 3.05) is 11.9 Å². The minimum atomic E-state index is -0.488. The van der Waals surface area contributed by atoms with Crippen LogP contribution in [0, 0.1) is 64.0 Å². The molecule has 0 radical (unpaired) electrons. The molecule has 184 valence electrons. The van der Waals surface area contributed by atoms with Crippen LogP contribution in [-0.4, -0.2) is 23.0 Å². The smallest absolute Gasteiger partial charge is 0.155 e. The van der Waals surface area contributed by atoms with Crippen LogP contribution in [0.4, 0.5) is 10.1 Å². The normalized spacial score (nSPS) is 43.2. The lowest BCUT2D eigenvalue weighted by molar-refractivity contribution is -0.131. The molecule has 4 fully saturated rings. The third-order valence-corrected chi connectivity index (χ3v) is 10.5. The molecule has 0 bridgehead atoms. The van der Waals surface area contributed by atoms with Gasteiger partial charge in [-0.3, -0.25) is 4.79 Å². The van der Waals surface area contributed by atoms with Crippen molar-refractivity contribution in [3.8, 4) is 6.07 Å². The first-order valence-corrected chi connectivity index (χ1v) is 13.3. The highest BCUT2D eigenvalue weighted by molar-refractivity contribution is 5.86. The van der Waals surface area contributed by atoms with E-state index in [4.69, 9.17) is 0 Å². The Morgan fingerprint density at radius 1 is 1.18 bits per heavy atom.